The lowest BCUT2D eigenvalue weighted by Gasteiger charge is -1.90. The molecule has 0 fully saturated rings. The number of aromatic nitrogens is 1. The molecule has 1 aromatic heterocycles. The molecule has 4 heteroatoms. The molecule has 0 aliphatic heterocycles. The van der Waals surface area contributed by atoms with Gasteiger partial charge in [0, 0.05) is 0 Å². The molecule has 76 valence electrons. The van der Waals surface area contributed by atoms with Gasteiger partial charge in [-0.15, -0.1) is 11.3 Å². The second-order valence-corrected chi connectivity index (χ2v) is 4.69. The van der Waals surface area contributed by atoms with Crippen molar-refractivity contribution < 1.29 is 5.11 Å². The first-order valence-corrected chi connectivity index (χ1v) is 5.63. The summed E-state index contributed by atoms with van der Waals surface area (Å²) < 4.78 is 0.584. The third-order valence-electron chi connectivity index (χ3n) is 1.88. The van der Waals surface area contributed by atoms with E-state index < -0.39 is 0 Å². The van der Waals surface area contributed by atoms with Crippen LogP contribution in [0.15, 0.2) is 30.3 Å². The van der Waals surface area contributed by atoms with Crippen molar-refractivity contribution in [3.05, 3.63) is 44.7 Å². The second-order valence-electron chi connectivity index (χ2n) is 2.97. The number of hydrogen-bond donors (Lipinski definition) is 2. The lowest BCUT2D eigenvalue weighted by atomic mass is 10.2. The summed E-state index contributed by atoms with van der Waals surface area (Å²) in [4.78, 5) is 3.43. The van der Waals surface area contributed by atoms with Crippen molar-refractivity contribution in [3.63, 3.8) is 0 Å². The average molecular weight is 235 g/mol. The van der Waals surface area contributed by atoms with Crippen LogP contribution in [0.5, 0.6) is 5.88 Å². The molecule has 0 spiro atoms. The summed E-state index contributed by atoms with van der Waals surface area (Å²) in [5, 5.41) is 9.45. The van der Waals surface area contributed by atoms with Crippen molar-refractivity contribution in [1.82, 2.24) is 4.98 Å². The van der Waals surface area contributed by atoms with Crippen LogP contribution in [0, 0.1) is 3.95 Å². The zero-order chi connectivity index (χ0) is 10.7. The number of H-pyrrole nitrogens is 1. The van der Waals surface area contributed by atoms with Gasteiger partial charge in [0.05, 0.1) is 4.88 Å². The number of thiazole rings is 1. The van der Waals surface area contributed by atoms with Gasteiger partial charge in [-0.1, -0.05) is 36.4 Å². The Bertz CT molecular complexity index is 525. The molecular formula is C11H9NOS2. The van der Waals surface area contributed by atoms with Crippen molar-refractivity contribution in [3.8, 4) is 5.88 Å². The van der Waals surface area contributed by atoms with Crippen molar-refractivity contribution in [2.75, 3.05) is 0 Å². The Kier molecular flexibility index (Phi) is 2.99. The minimum atomic E-state index is 0.136. The quantitative estimate of drug-likeness (QED) is 0.779. The highest BCUT2D eigenvalue weighted by molar-refractivity contribution is 7.73. The molecule has 2 rings (SSSR count). The summed E-state index contributed by atoms with van der Waals surface area (Å²) in [6, 6.07) is 9.91. The van der Waals surface area contributed by atoms with Gasteiger partial charge in [0.2, 0.25) is 5.88 Å². The average Bonchev–Trinajstić information content (AvgIpc) is 2.56. The smallest absolute Gasteiger partial charge is 0.207 e. The van der Waals surface area contributed by atoms with Crippen molar-refractivity contribution in [1.29, 1.82) is 0 Å². The van der Waals surface area contributed by atoms with Crippen LogP contribution in [0.3, 0.4) is 0 Å². The highest BCUT2D eigenvalue weighted by Gasteiger charge is 1.99. The summed E-state index contributed by atoms with van der Waals surface area (Å²) in [6.45, 7) is 0. The van der Waals surface area contributed by atoms with Crippen molar-refractivity contribution in [2.24, 2.45) is 0 Å². The molecule has 0 atom stereocenters. The maximum atomic E-state index is 9.45. The first kappa shape index (κ1) is 10.1. The van der Waals surface area contributed by atoms with Crippen LogP contribution < -0.4 is 0 Å². The summed E-state index contributed by atoms with van der Waals surface area (Å²) in [5.74, 6) is 0.136. The van der Waals surface area contributed by atoms with E-state index >= 15 is 0 Å². The predicted octanol–water partition coefficient (Wildman–Crippen LogP) is 3.68. The summed E-state index contributed by atoms with van der Waals surface area (Å²) >= 11 is 6.28. The van der Waals surface area contributed by atoms with Crippen LogP contribution in [0.1, 0.15) is 10.4 Å². The number of aromatic hydroxyl groups is 1. The van der Waals surface area contributed by atoms with Gasteiger partial charge in [-0.05, 0) is 23.9 Å². The van der Waals surface area contributed by atoms with E-state index in [1.807, 2.05) is 42.5 Å². The Morgan fingerprint density at radius 1 is 1.20 bits per heavy atom. The van der Waals surface area contributed by atoms with Crippen LogP contribution in [0.25, 0.3) is 12.2 Å². The van der Waals surface area contributed by atoms with E-state index in [0.29, 0.717) is 3.95 Å². The minimum absolute atomic E-state index is 0.136. The molecule has 2 aromatic rings. The van der Waals surface area contributed by atoms with Gasteiger partial charge >= 0.3 is 0 Å². The Hall–Kier alpha value is -1.39. The van der Waals surface area contributed by atoms with E-state index in [1.165, 1.54) is 11.3 Å². The van der Waals surface area contributed by atoms with Gasteiger partial charge < -0.3 is 10.1 Å². The molecular weight excluding hydrogens is 226 g/mol. The highest BCUT2D eigenvalue weighted by Crippen LogP contribution is 2.23. The summed E-state index contributed by atoms with van der Waals surface area (Å²) in [5.41, 5.74) is 1.09. The van der Waals surface area contributed by atoms with E-state index in [9.17, 15) is 5.11 Å². The standard InChI is InChI=1S/C11H9NOS2/c13-10-9(15-11(14)12-10)7-6-8-4-2-1-3-5-8/h1-7,13H,(H,12,14)/b7-6-. The summed E-state index contributed by atoms with van der Waals surface area (Å²) in [6.07, 6.45) is 3.79. The SMILES string of the molecule is Oc1[nH]c(=S)sc1/C=C\c1ccccc1. The molecule has 2 nitrogen and oxygen atoms in total. The summed E-state index contributed by atoms with van der Waals surface area (Å²) in [7, 11) is 0. The zero-order valence-electron chi connectivity index (χ0n) is 7.81. The van der Waals surface area contributed by atoms with Crippen LogP contribution in [-0.4, -0.2) is 10.1 Å². The van der Waals surface area contributed by atoms with Crippen molar-refractivity contribution in [2.45, 2.75) is 0 Å². The third-order valence-corrected chi connectivity index (χ3v) is 3.07. The number of benzene rings is 1. The van der Waals surface area contributed by atoms with Gasteiger partial charge in [0.15, 0.2) is 3.95 Å². The van der Waals surface area contributed by atoms with E-state index in [4.69, 9.17) is 12.2 Å². The number of aromatic amines is 1. The fourth-order valence-corrected chi connectivity index (χ4v) is 2.18. The van der Waals surface area contributed by atoms with E-state index in [-0.39, 0.29) is 5.88 Å². The molecule has 0 unspecified atom stereocenters. The lowest BCUT2D eigenvalue weighted by molar-refractivity contribution is 0.456. The minimum Gasteiger partial charge on any atom is -0.494 e. The molecule has 1 heterocycles. The first-order chi connectivity index (χ1) is 7.25. The highest BCUT2D eigenvalue weighted by atomic mass is 32.1. The molecule has 15 heavy (non-hydrogen) atoms. The molecule has 0 aliphatic carbocycles. The van der Waals surface area contributed by atoms with Crippen LogP contribution in [-0.2, 0) is 0 Å². The molecule has 0 radical (unpaired) electrons. The molecule has 0 bridgehead atoms. The topological polar surface area (TPSA) is 36.0 Å². The normalized spacial score (nSPS) is 10.9. The molecule has 0 saturated heterocycles. The fourth-order valence-electron chi connectivity index (χ4n) is 1.18. The van der Waals surface area contributed by atoms with Crippen LogP contribution >= 0.6 is 23.6 Å². The number of nitrogens with one attached hydrogen (secondary N) is 1. The van der Waals surface area contributed by atoms with Gasteiger partial charge in [-0.2, -0.15) is 0 Å². The largest absolute Gasteiger partial charge is 0.494 e. The van der Waals surface area contributed by atoms with Crippen molar-refractivity contribution >= 4 is 35.7 Å². The van der Waals surface area contributed by atoms with Crippen LogP contribution in [0.2, 0.25) is 0 Å². The molecule has 0 aliphatic rings. The fraction of sp³-hybridized carbons (Fsp3) is 0. The molecule has 0 amide bonds. The van der Waals surface area contributed by atoms with Gasteiger partial charge in [0.1, 0.15) is 0 Å². The van der Waals surface area contributed by atoms with E-state index in [2.05, 4.69) is 4.98 Å². The predicted molar refractivity (Wildman–Crippen MR) is 66.5 cm³/mol. The van der Waals surface area contributed by atoms with Crippen LogP contribution in [0.4, 0.5) is 0 Å². The maximum Gasteiger partial charge on any atom is 0.207 e. The second kappa shape index (κ2) is 4.42. The van der Waals surface area contributed by atoms with Gasteiger partial charge in [0.25, 0.3) is 0 Å². The monoisotopic (exact) mass is 235 g/mol. The maximum absolute atomic E-state index is 9.45. The Morgan fingerprint density at radius 2 is 1.93 bits per heavy atom. The molecule has 0 saturated carbocycles. The first-order valence-electron chi connectivity index (χ1n) is 4.41. The van der Waals surface area contributed by atoms with Gasteiger partial charge in [-0.3, -0.25) is 0 Å². The molecule has 1 aromatic carbocycles. The third kappa shape index (κ3) is 2.55. The Labute approximate surface area is 96.5 Å². The molecule has 2 N–H and O–H groups in total. The Morgan fingerprint density at radius 3 is 2.53 bits per heavy atom. The van der Waals surface area contributed by atoms with E-state index in [1.54, 1.807) is 0 Å². The Balaban J connectivity index is 2.26. The lowest BCUT2D eigenvalue weighted by Crippen LogP contribution is -1.69. The number of hydrogen-bond acceptors (Lipinski definition) is 3. The number of rotatable bonds is 2. The zero-order valence-corrected chi connectivity index (χ0v) is 9.44. The van der Waals surface area contributed by atoms with E-state index in [0.717, 1.165) is 10.4 Å². The van der Waals surface area contributed by atoms with Gasteiger partial charge in [-0.25, -0.2) is 0 Å².